The molecule has 0 aliphatic rings. The Morgan fingerprint density at radius 1 is 1.08 bits per heavy atom. The van der Waals surface area contributed by atoms with Gasteiger partial charge in [-0.25, -0.2) is 9.18 Å². The number of aromatic nitrogens is 2. The first-order chi connectivity index (χ1) is 12.1. The number of amides is 1. The molecule has 7 heteroatoms. The third-order valence-electron chi connectivity index (χ3n) is 3.82. The van der Waals surface area contributed by atoms with E-state index in [2.05, 4.69) is 10.3 Å². The third kappa shape index (κ3) is 3.65. The summed E-state index contributed by atoms with van der Waals surface area (Å²) in [7, 11) is 0. The predicted octanol–water partition coefficient (Wildman–Crippen LogP) is 2.25. The lowest BCUT2D eigenvalue weighted by Crippen LogP contribution is -2.35. The van der Waals surface area contributed by atoms with Gasteiger partial charge in [0.05, 0.1) is 16.6 Å². The van der Waals surface area contributed by atoms with Crippen LogP contribution >= 0.6 is 0 Å². The van der Waals surface area contributed by atoms with Gasteiger partial charge in [0.2, 0.25) is 5.91 Å². The Bertz CT molecular complexity index is 1040. The first kappa shape index (κ1) is 16.6. The summed E-state index contributed by atoms with van der Waals surface area (Å²) in [6, 6.07) is 12.6. The maximum atomic E-state index is 13.5. The number of hydrogen-bond donors (Lipinski definition) is 2. The van der Waals surface area contributed by atoms with Crippen molar-refractivity contribution in [2.24, 2.45) is 0 Å². The first-order valence-corrected chi connectivity index (χ1v) is 7.82. The molecule has 0 aliphatic carbocycles. The summed E-state index contributed by atoms with van der Waals surface area (Å²) in [5, 5.41) is 2.88. The number of nitrogens with zero attached hydrogens (tertiary/aromatic N) is 1. The van der Waals surface area contributed by atoms with E-state index in [9.17, 15) is 18.8 Å². The maximum absolute atomic E-state index is 13.5. The second kappa shape index (κ2) is 7.12. The summed E-state index contributed by atoms with van der Waals surface area (Å²) in [5.41, 5.74) is -0.327. The molecule has 2 N–H and O–H groups in total. The number of para-hydroxylation sites is 2. The molecule has 128 valence electrons. The van der Waals surface area contributed by atoms with Crippen molar-refractivity contribution in [1.82, 2.24) is 9.55 Å². The highest BCUT2D eigenvalue weighted by molar-refractivity contribution is 5.90. The van der Waals surface area contributed by atoms with E-state index in [0.717, 1.165) is 4.57 Å². The molecule has 1 amide bonds. The Labute approximate surface area is 141 Å². The van der Waals surface area contributed by atoms with Crippen LogP contribution in [0.25, 0.3) is 10.9 Å². The van der Waals surface area contributed by atoms with Gasteiger partial charge in [-0.15, -0.1) is 0 Å². The van der Waals surface area contributed by atoms with Crippen LogP contribution in [0.4, 0.5) is 10.1 Å². The van der Waals surface area contributed by atoms with Crippen molar-refractivity contribution >= 4 is 22.5 Å². The number of carbonyl (C=O) groups excluding carboxylic acids is 1. The molecule has 0 saturated carbocycles. The molecular formula is C18H16FN3O3. The molecular weight excluding hydrogens is 325 g/mol. The molecule has 2 aromatic carbocycles. The van der Waals surface area contributed by atoms with E-state index < -0.39 is 17.1 Å². The van der Waals surface area contributed by atoms with Crippen molar-refractivity contribution in [2.45, 2.75) is 19.4 Å². The average Bonchev–Trinajstić information content (AvgIpc) is 2.60. The Hall–Kier alpha value is -3.22. The van der Waals surface area contributed by atoms with E-state index >= 15 is 0 Å². The fourth-order valence-corrected chi connectivity index (χ4v) is 2.58. The predicted molar refractivity (Wildman–Crippen MR) is 93.1 cm³/mol. The van der Waals surface area contributed by atoms with Crippen LogP contribution in [0.3, 0.4) is 0 Å². The minimum absolute atomic E-state index is 0.0625. The number of halogens is 1. The van der Waals surface area contributed by atoms with Crippen LogP contribution < -0.4 is 16.6 Å². The van der Waals surface area contributed by atoms with Gasteiger partial charge in [0.25, 0.3) is 5.56 Å². The monoisotopic (exact) mass is 341 g/mol. The number of nitrogens with one attached hydrogen (secondary N) is 2. The lowest BCUT2D eigenvalue weighted by Gasteiger charge is -2.08. The number of hydrogen-bond acceptors (Lipinski definition) is 3. The molecule has 1 heterocycles. The highest BCUT2D eigenvalue weighted by atomic mass is 19.1. The molecule has 3 aromatic rings. The van der Waals surface area contributed by atoms with E-state index in [-0.39, 0.29) is 31.0 Å². The van der Waals surface area contributed by atoms with Gasteiger partial charge in [-0.3, -0.25) is 14.2 Å². The first-order valence-electron chi connectivity index (χ1n) is 7.82. The zero-order valence-corrected chi connectivity index (χ0v) is 13.3. The van der Waals surface area contributed by atoms with Gasteiger partial charge >= 0.3 is 5.69 Å². The van der Waals surface area contributed by atoms with Crippen molar-refractivity contribution in [1.29, 1.82) is 0 Å². The summed E-state index contributed by atoms with van der Waals surface area (Å²) < 4.78 is 14.6. The average molecular weight is 341 g/mol. The number of H-pyrrole nitrogens is 1. The second-order valence-corrected chi connectivity index (χ2v) is 5.56. The van der Waals surface area contributed by atoms with Crippen LogP contribution in [-0.4, -0.2) is 15.5 Å². The number of aromatic amines is 1. The zero-order chi connectivity index (χ0) is 17.8. The number of anilines is 1. The fourth-order valence-electron chi connectivity index (χ4n) is 2.58. The zero-order valence-electron chi connectivity index (χ0n) is 13.3. The lowest BCUT2D eigenvalue weighted by atomic mass is 10.2. The molecule has 0 radical (unpaired) electrons. The van der Waals surface area contributed by atoms with Gasteiger partial charge in [-0.05, 0) is 30.7 Å². The van der Waals surface area contributed by atoms with E-state index in [1.807, 2.05) is 0 Å². The normalized spacial score (nSPS) is 10.8. The molecule has 0 atom stereocenters. The second-order valence-electron chi connectivity index (χ2n) is 5.56. The minimum Gasteiger partial charge on any atom is -0.324 e. The van der Waals surface area contributed by atoms with Crippen LogP contribution in [-0.2, 0) is 11.3 Å². The molecule has 0 bridgehead atoms. The van der Waals surface area contributed by atoms with Gasteiger partial charge < -0.3 is 10.3 Å². The quantitative estimate of drug-likeness (QED) is 0.746. The number of benzene rings is 2. The van der Waals surface area contributed by atoms with Gasteiger partial charge in [0, 0.05) is 13.0 Å². The smallest absolute Gasteiger partial charge is 0.324 e. The molecule has 6 nitrogen and oxygen atoms in total. The Morgan fingerprint density at radius 3 is 2.60 bits per heavy atom. The van der Waals surface area contributed by atoms with Gasteiger partial charge in [0.15, 0.2) is 0 Å². The molecule has 1 aromatic heterocycles. The Kier molecular flexibility index (Phi) is 4.74. The highest BCUT2D eigenvalue weighted by Gasteiger charge is 2.09. The van der Waals surface area contributed by atoms with Gasteiger partial charge in [0.1, 0.15) is 5.82 Å². The van der Waals surface area contributed by atoms with Crippen LogP contribution in [0.2, 0.25) is 0 Å². The number of carbonyl (C=O) groups is 1. The van der Waals surface area contributed by atoms with Crippen molar-refractivity contribution in [2.75, 3.05) is 5.32 Å². The molecule has 25 heavy (non-hydrogen) atoms. The van der Waals surface area contributed by atoms with E-state index in [0.29, 0.717) is 10.9 Å². The summed E-state index contributed by atoms with van der Waals surface area (Å²) in [6.07, 6.45) is 0.342. The SMILES string of the molecule is O=C(CCCn1c(=O)[nH]c2ccccc2c1=O)Nc1ccccc1F. The van der Waals surface area contributed by atoms with Crippen molar-refractivity contribution in [3.05, 3.63) is 75.2 Å². The summed E-state index contributed by atoms with van der Waals surface area (Å²) >= 11 is 0. The summed E-state index contributed by atoms with van der Waals surface area (Å²) in [5.74, 6) is -0.895. The molecule has 3 rings (SSSR count). The minimum atomic E-state index is -0.516. The Morgan fingerprint density at radius 2 is 1.80 bits per heavy atom. The van der Waals surface area contributed by atoms with Crippen LogP contribution in [0, 0.1) is 5.82 Å². The topological polar surface area (TPSA) is 84.0 Å². The molecule has 0 fully saturated rings. The van der Waals surface area contributed by atoms with E-state index in [1.165, 1.54) is 18.2 Å². The van der Waals surface area contributed by atoms with Crippen molar-refractivity contribution < 1.29 is 9.18 Å². The summed E-state index contributed by atoms with van der Waals surface area (Å²) in [4.78, 5) is 38.9. The Balaban J connectivity index is 1.67. The molecule has 0 spiro atoms. The number of fused-ring (bicyclic) bond motifs is 1. The third-order valence-corrected chi connectivity index (χ3v) is 3.82. The lowest BCUT2D eigenvalue weighted by molar-refractivity contribution is -0.116. The standard InChI is InChI=1S/C18H16FN3O3/c19-13-7-2-4-9-15(13)20-16(23)10-5-11-22-17(24)12-6-1-3-8-14(12)21-18(22)25/h1-4,6-9H,5,10-11H2,(H,20,23)(H,21,25). The van der Waals surface area contributed by atoms with E-state index in [4.69, 9.17) is 0 Å². The van der Waals surface area contributed by atoms with Crippen LogP contribution in [0.15, 0.2) is 58.1 Å². The highest BCUT2D eigenvalue weighted by Crippen LogP contribution is 2.12. The van der Waals surface area contributed by atoms with E-state index in [1.54, 1.807) is 30.3 Å². The van der Waals surface area contributed by atoms with Crippen LogP contribution in [0.5, 0.6) is 0 Å². The summed E-state index contributed by atoms with van der Waals surface area (Å²) in [6.45, 7) is 0.101. The number of rotatable bonds is 5. The van der Waals surface area contributed by atoms with Crippen molar-refractivity contribution in [3.63, 3.8) is 0 Å². The maximum Gasteiger partial charge on any atom is 0.328 e. The van der Waals surface area contributed by atoms with Crippen molar-refractivity contribution in [3.8, 4) is 0 Å². The molecule has 0 unspecified atom stereocenters. The fraction of sp³-hybridized carbons (Fsp3) is 0.167. The van der Waals surface area contributed by atoms with Crippen LogP contribution in [0.1, 0.15) is 12.8 Å². The molecule has 0 aliphatic heterocycles. The molecule has 0 saturated heterocycles. The van der Waals surface area contributed by atoms with Gasteiger partial charge in [-0.1, -0.05) is 24.3 Å². The largest absolute Gasteiger partial charge is 0.328 e. The van der Waals surface area contributed by atoms with Gasteiger partial charge in [-0.2, -0.15) is 0 Å².